The molecule has 0 aliphatic carbocycles. The zero-order chi connectivity index (χ0) is 14.0. The van der Waals surface area contributed by atoms with E-state index in [-0.39, 0.29) is 11.5 Å². The molecule has 0 spiro atoms. The van der Waals surface area contributed by atoms with Gasteiger partial charge in [-0.25, -0.2) is 4.98 Å². The van der Waals surface area contributed by atoms with Crippen LogP contribution >= 0.6 is 0 Å². The quantitative estimate of drug-likeness (QED) is 0.669. The summed E-state index contributed by atoms with van der Waals surface area (Å²) >= 11 is 0. The first-order valence-electron chi connectivity index (χ1n) is 5.64. The number of nitrogen functional groups attached to an aromatic ring is 1. The van der Waals surface area contributed by atoms with E-state index >= 15 is 0 Å². The molecule has 0 aliphatic heterocycles. The van der Waals surface area contributed by atoms with E-state index < -0.39 is 4.92 Å². The first-order chi connectivity index (χ1) is 8.99. The third-order valence-electron chi connectivity index (χ3n) is 2.85. The van der Waals surface area contributed by atoms with Gasteiger partial charge in [0, 0.05) is 25.2 Å². The maximum Gasteiger partial charge on any atom is 0.311 e. The third-order valence-corrected chi connectivity index (χ3v) is 2.85. The molecule has 7 heteroatoms. The Hall–Kier alpha value is -2.57. The van der Waals surface area contributed by atoms with Gasteiger partial charge in [-0.05, 0) is 19.1 Å². The van der Waals surface area contributed by atoms with Crippen molar-refractivity contribution in [2.75, 3.05) is 17.7 Å². The van der Waals surface area contributed by atoms with Gasteiger partial charge in [0.25, 0.3) is 0 Å². The number of nitrogens with two attached hydrogens (primary N) is 1. The first kappa shape index (κ1) is 12.9. The topological polar surface area (TPSA) is 98.4 Å². The summed E-state index contributed by atoms with van der Waals surface area (Å²) in [4.78, 5) is 16.0. The fraction of sp³-hybridized carbons (Fsp3) is 0.250. The Bertz CT molecular complexity index is 609. The SMILES string of the molecule is Cc1occc1CN(C)c1ccc([N+](=O)[O-])c(N)n1. The van der Waals surface area contributed by atoms with Crippen LogP contribution in [0.4, 0.5) is 17.3 Å². The number of nitro groups is 1. The summed E-state index contributed by atoms with van der Waals surface area (Å²) in [6.07, 6.45) is 1.62. The lowest BCUT2D eigenvalue weighted by Gasteiger charge is -2.17. The number of rotatable bonds is 4. The molecular weight excluding hydrogens is 248 g/mol. The zero-order valence-electron chi connectivity index (χ0n) is 10.7. The number of aromatic nitrogens is 1. The zero-order valence-corrected chi connectivity index (χ0v) is 10.7. The van der Waals surface area contributed by atoms with E-state index in [2.05, 4.69) is 4.98 Å². The fourth-order valence-corrected chi connectivity index (χ4v) is 1.74. The molecule has 19 heavy (non-hydrogen) atoms. The van der Waals surface area contributed by atoms with Gasteiger partial charge in [0.05, 0.1) is 11.2 Å². The minimum atomic E-state index is -0.549. The standard InChI is InChI=1S/C12H14N4O3/c1-8-9(5-6-19-8)7-15(2)11-4-3-10(16(17)18)12(13)14-11/h3-6H,7H2,1-2H3,(H2,13,14). The van der Waals surface area contributed by atoms with E-state index in [1.165, 1.54) is 6.07 Å². The van der Waals surface area contributed by atoms with Crippen LogP contribution in [0.5, 0.6) is 0 Å². The van der Waals surface area contributed by atoms with E-state index in [0.29, 0.717) is 12.4 Å². The predicted octanol–water partition coefficient (Wildman–Crippen LogP) is 2.11. The van der Waals surface area contributed by atoms with Crippen molar-refractivity contribution in [3.8, 4) is 0 Å². The van der Waals surface area contributed by atoms with Gasteiger partial charge >= 0.3 is 5.69 Å². The summed E-state index contributed by atoms with van der Waals surface area (Å²) < 4.78 is 5.21. The van der Waals surface area contributed by atoms with Crippen LogP contribution in [0.2, 0.25) is 0 Å². The molecule has 0 aliphatic rings. The molecule has 0 saturated heterocycles. The van der Waals surface area contributed by atoms with E-state index in [1.807, 2.05) is 24.9 Å². The van der Waals surface area contributed by atoms with E-state index in [1.54, 1.807) is 12.3 Å². The highest BCUT2D eigenvalue weighted by atomic mass is 16.6. The highest BCUT2D eigenvalue weighted by Crippen LogP contribution is 2.23. The Balaban J connectivity index is 2.20. The molecule has 2 aromatic rings. The highest BCUT2D eigenvalue weighted by Gasteiger charge is 2.15. The lowest BCUT2D eigenvalue weighted by atomic mass is 10.2. The van der Waals surface area contributed by atoms with Gasteiger partial charge in [-0.2, -0.15) is 0 Å². The van der Waals surface area contributed by atoms with Crippen molar-refractivity contribution in [1.82, 2.24) is 4.98 Å². The molecule has 0 radical (unpaired) electrons. The van der Waals surface area contributed by atoms with Gasteiger partial charge in [0.2, 0.25) is 5.82 Å². The van der Waals surface area contributed by atoms with Crippen LogP contribution in [0.15, 0.2) is 28.9 Å². The number of furan rings is 1. The molecule has 2 heterocycles. The van der Waals surface area contributed by atoms with Gasteiger partial charge in [0.1, 0.15) is 11.6 Å². The average molecular weight is 262 g/mol. The Labute approximate surface area is 109 Å². The van der Waals surface area contributed by atoms with Crippen molar-refractivity contribution in [1.29, 1.82) is 0 Å². The predicted molar refractivity (Wildman–Crippen MR) is 70.9 cm³/mol. The van der Waals surface area contributed by atoms with Gasteiger partial charge < -0.3 is 15.1 Å². The maximum atomic E-state index is 10.7. The summed E-state index contributed by atoms with van der Waals surface area (Å²) in [5, 5.41) is 10.7. The molecule has 2 aromatic heterocycles. The smallest absolute Gasteiger partial charge is 0.311 e. The molecule has 0 bridgehead atoms. The highest BCUT2D eigenvalue weighted by molar-refractivity contribution is 5.57. The van der Waals surface area contributed by atoms with Gasteiger partial charge in [-0.15, -0.1) is 0 Å². The summed E-state index contributed by atoms with van der Waals surface area (Å²) in [5.41, 5.74) is 6.41. The molecule has 0 saturated carbocycles. The number of aryl methyl sites for hydroxylation is 1. The molecule has 0 aromatic carbocycles. The molecule has 7 nitrogen and oxygen atoms in total. The van der Waals surface area contributed by atoms with Crippen molar-refractivity contribution in [2.45, 2.75) is 13.5 Å². The molecule has 0 fully saturated rings. The van der Waals surface area contributed by atoms with Crippen molar-refractivity contribution < 1.29 is 9.34 Å². The number of anilines is 2. The van der Waals surface area contributed by atoms with Crippen LogP contribution in [-0.4, -0.2) is 17.0 Å². The number of nitrogens with zero attached hydrogens (tertiary/aromatic N) is 3. The van der Waals surface area contributed by atoms with Crippen molar-refractivity contribution in [3.05, 3.63) is 45.9 Å². The molecule has 2 N–H and O–H groups in total. The normalized spacial score (nSPS) is 10.4. The second kappa shape index (κ2) is 4.97. The number of pyridine rings is 1. The second-order valence-electron chi connectivity index (χ2n) is 4.19. The third kappa shape index (κ3) is 2.65. The second-order valence-corrected chi connectivity index (χ2v) is 4.19. The van der Waals surface area contributed by atoms with Crippen LogP contribution in [0.25, 0.3) is 0 Å². The van der Waals surface area contributed by atoms with Crippen molar-refractivity contribution in [2.24, 2.45) is 0 Å². The molecule has 0 amide bonds. The van der Waals surface area contributed by atoms with E-state index in [9.17, 15) is 10.1 Å². The van der Waals surface area contributed by atoms with Crippen LogP contribution in [-0.2, 0) is 6.54 Å². The van der Waals surface area contributed by atoms with E-state index in [4.69, 9.17) is 10.2 Å². The Morgan fingerprint density at radius 3 is 2.74 bits per heavy atom. The monoisotopic (exact) mass is 262 g/mol. The van der Waals surface area contributed by atoms with Crippen LogP contribution in [0.3, 0.4) is 0 Å². The average Bonchev–Trinajstić information content (AvgIpc) is 2.74. The molecule has 100 valence electrons. The van der Waals surface area contributed by atoms with Crippen molar-refractivity contribution >= 4 is 17.3 Å². The largest absolute Gasteiger partial charge is 0.469 e. The summed E-state index contributed by atoms with van der Waals surface area (Å²) in [5.74, 6) is 1.32. The summed E-state index contributed by atoms with van der Waals surface area (Å²) in [6.45, 7) is 2.47. The lowest BCUT2D eigenvalue weighted by Crippen LogP contribution is -2.18. The van der Waals surface area contributed by atoms with Crippen LogP contribution in [0, 0.1) is 17.0 Å². The molecule has 0 atom stereocenters. The minimum Gasteiger partial charge on any atom is -0.469 e. The Kier molecular flexibility index (Phi) is 3.37. The first-order valence-corrected chi connectivity index (χ1v) is 5.64. The number of hydrogen-bond acceptors (Lipinski definition) is 6. The minimum absolute atomic E-state index is 0.0849. The lowest BCUT2D eigenvalue weighted by molar-refractivity contribution is -0.384. The Morgan fingerprint density at radius 2 is 2.21 bits per heavy atom. The van der Waals surface area contributed by atoms with Gasteiger partial charge in [0.15, 0.2) is 0 Å². The maximum absolute atomic E-state index is 10.7. The number of hydrogen-bond donors (Lipinski definition) is 1. The molecule has 0 unspecified atom stereocenters. The van der Waals surface area contributed by atoms with Crippen LogP contribution < -0.4 is 10.6 Å². The van der Waals surface area contributed by atoms with Crippen LogP contribution in [0.1, 0.15) is 11.3 Å². The van der Waals surface area contributed by atoms with Gasteiger partial charge in [-0.3, -0.25) is 10.1 Å². The van der Waals surface area contributed by atoms with Crippen molar-refractivity contribution in [3.63, 3.8) is 0 Å². The molecular formula is C12H14N4O3. The molecule has 2 rings (SSSR count). The fourth-order valence-electron chi connectivity index (χ4n) is 1.74. The van der Waals surface area contributed by atoms with Gasteiger partial charge in [-0.1, -0.05) is 0 Å². The Morgan fingerprint density at radius 1 is 1.47 bits per heavy atom. The van der Waals surface area contributed by atoms with E-state index in [0.717, 1.165) is 11.3 Å². The summed E-state index contributed by atoms with van der Waals surface area (Å²) in [6, 6.07) is 4.81. The summed E-state index contributed by atoms with van der Waals surface area (Å²) in [7, 11) is 1.83.